The highest BCUT2D eigenvalue weighted by atomic mass is 16.5. The van der Waals surface area contributed by atoms with Crippen LogP contribution in [0.5, 0.6) is 5.75 Å². The summed E-state index contributed by atoms with van der Waals surface area (Å²) < 4.78 is 8.49. The summed E-state index contributed by atoms with van der Waals surface area (Å²) in [5.41, 5.74) is 3.40. The molecular weight excluding hydrogens is 468 g/mol. The van der Waals surface area contributed by atoms with E-state index < -0.39 is 0 Å². The lowest BCUT2D eigenvalue weighted by Crippen LogP contribution is -2.47. The zero-order chi connectivity index (χ0) is 26.7. The van der Waals surface area contributed by atoms with Crippen LogP contribution < -0.4 is 10.1 Å². The minimum absolute atomic E-state index is 0.0615. The predicted octanol–water partition coefficient (Wildman–Crippen LogP) is 3.07. The first-order chi connectivity index (χ1) is 17.7. The SMILES string of the molecule is C[C@H]1CN([C@@H](C)CO)C(=O)Cc2cc(NC(=O)Cc3cn(C)c4ccccc34)ccc2O[C@@H]1CN(C)C. The number of benzene rings is 2. The lowest BCUT2D eigenvalue weighted by molar-refractivity contribution is -0.134. The van der Waals surface area contributed by atoms with Gasteiger partial charge in [0.05, 0.1) is 25.5 Å². The van der Waals surface area contributed by atoms with E-state index in [2.05, 4.69) is 17.1 Å². The van der Waals surface area contributed by atoms with Gasteiger partial charge >= 0.3 is 0 Å². The van der Waals surface area contributed by atoms with Gasteiger partial charge in [0.25, 0.3) is 0 Å². The van der Waals surface area contributed by atoms with E-state index >= 15 is 0 Å². The lowest BCUT2D eigenvalue weighted by atomic mass is 10.0. The Bertz CT molecular complexity index is 1270. The maximum Gasteiger partial charge on any atom is 0.228 e. The third-order valence-corrected chi connectivity index (χ3v) is 7.08. The van der Waals surface area contributed by atoms with Gasteiger partial charge in [0.2, 0.25) is 11.8 Å². The molecule has 0 unspecified atom stereocenters. The summed E-state index contributed by atoms with van der Waals surface area (Å²) in [5.74, 6) is 0.521. The molecule has 198 valence electrons. The highest BCUT2D eigenvalue weighted by molar-refractivity contribution is 5.96. The molecule has 3 aromatic rings. The van der Waals surface area contributed by atoms with Gasteiger partial charge in [-0.15, -0.1) is 0 Å². The molecule has 1 aromatic heterocycles. The molecular formula is C29H38N4O4. The predicted molar refractivity (Wildman–Crippen MR) is 146 cm³/mol. The van der Waals surface area contributed by atoms with Crippen molar-refractivity contribution in [2.75, 3.05) is 39.1 Å². The van der Waals surface area contributed by atoms with Crippen LogP contribution in [0.2, 0.25) is 0 Å². The van der Waals surface area contributed by atoms with Crippen LogP contribution >= 0.6 is 0 Å². The quantitative estimate of drug-likeness (QED) is 0.514. The van der Waals surface area contributed by atoms with Crippen LogP contribution in [0.4, 0.5) is 5.69 Å². The highest BCUT2D eigenvalue weighted by Gasteiger charge is 2.30. The number of carbonyl (C=O) groups is 2. The molecule has 0 saturated carbocycles. The molecule has 1 aliphatic heterocycles. The summed E-state index contributed by atoms with van der Waals surface area (Å²) in [5, 5.41) is 13.8. The number of amides is 2. The number of rotatable bonds is 7. The van der Waals surface area contributed by atoms with Gasteiger partial charge in [-0.25, -0.2) is 0 Å². The van der Waals surface area contributed by atoms with Crippen molar-refractivity contribution in [2.24, 2.45) is 13.0 Å². The Morgan fingerprint density at radius 2 is 2.00 bits per heavy atom. The minimum atomic E-state index is -0.292. The molecule has 2 heterocycles. The molecule has 1 aliphatic rings. The van der Waals surface area contributed by atoms with Gasteiger partial charge in [-0.3, -0.25) is 9.59 Å². The molecule has 0 radical (unpaired) electrons. The van der Waals surface area contributed by atoms with E-state index in [9.17, 15) is 14.7 Å². The average Bonchev–Trinajstić information content (AvgIpc) is 3.18. The highest BCUT2D eigenvalue weighted by Crippen LogP contribution is 2.29. The van der Waals surface area contributed by atoms with Gasteiger partial charge in [0.1, 0.15) is 11.9 Å². The van der Waals surface area contributed by atoms with E-state index in [0.717, 1.165) is 22.0 Å². The Hall–Kier alpha value is -3.36. The van der Waals surface area contributed by atoms with E-state index in [1.54, 1.807) is 4.90 Å². The molecule has 0 bridgehead atoms. The third-order valence-electron chi connectivity index (χ3n) is 7.08. The second-order valence-corrected chi connectivity index (χ2v) is 10.5. The fourth-order valence-corrected chi connectivity index (χ4v) is 5.03. The van der Waals surface area contributed by atoms with Gasteiger partial charge in [0, 0.05) is 54.4 Å². The molecule has 8 heteroatoms. The number of fused-ring (bicyclic) bond motifs is 2. The van der Waals surface area contributed by atoms with Crippen LogP contribution in [0.1, 0.15) is 25.0 Å². The summed E-state index contributed by atoms with van der Waals surface area (Å²) >= 11 is 0. The van der Waals surface area contributed by atoms with Gasteiger partial charge in [-0.05, 0) is 50.8 Å². The number of para-hydroxylation sites is 1. The van der Waals surface area contributed by atoms with Crippen molar-refractivity contribution < 1.29 is 19.4 Å². The Morgan fingerprint density at radius 3 is 2.73 bits per heavy atom. The minimum Gasteiger partial charge on any atom is -0.488 e. The number of carbonyl (C=O) groups excluding carboxylic acids is 2. The largest absolute Gasteiger partial charge is 0.488 e. The van der Waals surface area contributed by atoms with E-state index in [-0.39, 0.29) is 49.3 Å². The van der Waals surface area contributed by atoms with Crippen LogP contribution in [0.15, 0.2) is 48.7 Å². The second-order valence-electron chi connectivity index (χ2n) is 10.5. The van der Waals surface area contributed by atoms with Crippen molar-refractivity contribution >= 4 is 28.4 Å². The molecule has 0 spiro atoms. The first kappa shape index (κ1) is 26.7. The van der Waals surface area contributed by atoms with Crippen LogP contribution in [-0.2, 0) is 29.5 Å². The number of hydrogen-bond acceptors (Lipinski definition) is 5. The molecule has 0 saturated heterocycles. The first-order valence-electron chi connectivity index (χ1n) is 12.8. The van der Waals surface area contributed by atoms with E-state index in [0.29, 0.717) is 24.5 Å². The van der Waals surface area contributed by atoms with Crippen molar-refractivity contribution in [3.63, 3.8) is 0 Å². The van der Waals surface area contributed by atoms with Crippen LogP contribution in [0.25, 0.3) is 10.9 Å². The normalized spacial score (nSPS) is 19.1. The number of nitrogens with one attached hydrogen (secondary N) is 1. The molecule has 0 aliphatic carbocycles. The van der Waals surface area contributed by atoms with Gasteiger partial charge in [0.15, 0.2) is 0 Å². The Morgan fingerprint density at radius 1 is 1.24 bits per heavy atom. The molecule has 2 N–H and O–H groups in total. The maximum absolute atomic E-state index is 13.3. The molecule has 4 rings (SSSR count). The number of aryl methyl sites for hydroxylation is 1. The molecule has 3 atom stereocenters. The monoisotopic (exact) mass is 506 g/mol. The van der Waals surface area contributed by atoms with E-state index in [4.69, 9.17) is 4.74 Å². The number of hydrogen-bond donors (Lipinski definition) is 2. The lowest BCUT2D eigenvalue weighted by Gasteiger charge is -2.33. The van der Waals surface area contributed by atoms with Crippen LogP contribution in [0.3, 0.4) is 0 Å². The summed E-state index contributed by atoms with van der Waals surface area (Å²) in [4.78, 5) is 30.1. The molecule has 0 fully saturated rings. The van der Waals surface area contributed by atoms with Crippen LogP contribution in [0, 0.1) is 5.92 Å². The van der Waals surface area contributed by atoms with Crippen LogP contribution in [-0.4, -0.2) is 77.2 Å². The smallest absolute Gasteiger partial charge is 0.228 e. The van der Waals surface area contributed by atoms with Crippen molar-refractivity contribution in [2.45, 2.75) is 38.8 Å². The summed E-state index contributed by atoms with van der Waals surface area (Å²) in [6.07, 6.45) is 2.23. The fourth-order valence-electron chi connectivity index (χ4n) is 5.03. The third kappa shape index (κ3) is 6.14. The number of likely N-dealkylation sites (N-methyl/N-ethyl adjacent to an activating group) is 1. The maximum atomic E-state index is 13.3. The average molecular weight is 507 g/mol. The molecule has 2 amide bonds. The summed E-state index contributed by atoms with van der Waals surface area (Å²) in [7, 11) is 5.97. The molecule has 2 aromatic carbocycles. The zero-order valence-electron chi connectivity index (χ0n) is 22.4. The fraction of sp³-hybridized carbons (Fsp3) is 0.448. The number of aliphatic hydroxyl groups is 1. The summed E-state index contributed by atoms with van der Waals surface area (Å²) in [6.45, 7) is 5.02. The van der Waals surface area contributed by atoms with E-state index in [1.807, 2.05) is 81.3 Å². The topological polar surface area (TPSA) is 87.0 Å². The van der Waals surface area contributed by atoms with Gasteiger partial charge < -0.3 is 29.5 Å². The van der Waals surface area contributed by atoms with Gasteiger partial charge in [-0.2, -0.15) is 0 Å². The standard InChI is InChI=1S/C29H38N4O4/c1-19-15-33(20(2)18-34)29(36)14-21-12-23(10-11-26(21)37-27(19)17-31(3)4)30-28(35)13-22-16-32(5)25-9-7-6-8-24(22)25/h6-12,16,19-20,27,34H,13-15,17-18H2,1-5H3,(H,30,35)/t19-,20-,27+/m0/s1. The van der Waals surface area contributed by atoms with Crippen molar-refractivity contribution in [3.8, 4) is 5.75 Å². The number of nitrogens with zero attached hydrogens (tertiary/aromatic N) is 3. The molecule has 37 heavy (non-hydrogen) atoms. The number of aromatic nitrogens is 1. The zero-order valence-corrected chi connectivity index (χ0v) is 22.4. The second kappa shape index (κ2) is 11.4. The number of anilines is 1. The van der Waals surface area contributed by atoms with E-state index in [1.165, 1.54) is 0 Å². The summed E-state index contributed by atoms with van der Waals surface area (Å²) in [6, 6.07) is 13.2. The Balaban J connectivity index is 1.58. The van der Waals surface area contributed by atoms with Crippen molar-refractivity contribution in [3.05, 3.63) is 59.8 Å². The van der Waals surface area contributed by atoms with Crippen molar-refractivity contribution in [1.29, 1.82) is 0 Å². The number of ether oxygens (including phenoxy) is 1. The Kier molecular flexibility index (Phi) is 8.19. The Labute approximate surface area is 218 Å². The van der Waals surface area contributed by atoms with Crippen molar-refractivity contribution in [1.82, 2.24) is 14.4 Å². The number of aliphatic hydroxyl groups excluding tert-OH is 1. The molecule has 8 nitrogen and oxygen atoms in total. The first-order valence-corrected chi connectivity index (χ1v) is 12.8. The van der Waals surface area contributed by atoms with Gasteiger partial charge in [-0.1, -0.05) is 25.1 Å².